The van der Waals surface area contributed by atoms with Crippen LogP contribution in [0.4, 0.5) is 0 Å². The zero-order valence-electron chi connectivity index (χ0n) is 10.00. The predicted octanol–water partition coefficient (Wildman–Crippen LogP) is 2.55. The van der Waals surface area contributed by atoms with Crippen molar-refractivity contribution < 1.29 is 5.11 Å². The molecule has 3 nitrogen and oxygen atoms in total. The van der Waals surface area contributed by atoms with Crippen molar-refractivity contribution in [2.75, 3.05) is 6.61 Å². The van der Waals surface area contributed by atoms with Gasteiger partial charge < -0.3 is 10.4 Å². The van der Waals surface area contributed by atoms with Crippen LogP contribution in [0.2, 0.25) is 5.15 Å². The maximum absolute atomic E-state index is 9.33. The third-order valence-corrected chi connectivity index (χ3v) is 3.17. The minimum absolute atomic E-state index is 0.120. The van der Waals surface area contributed by atoms with Crippen LogP contribution >= 0.6 is 11.6 Å². The summed E-state index contributed by atoms with van der Waals surface area (Å²) in [5.74, 6) is 0. The van der Waals surface area contributed by atoms with Gasteiger partial charge in [-0.05, 0) is 31.9 Å². The van der Waals surface area contributed by atoms with E-state index in [1.165, 1.54) is 0 Å². The summed E-state index contributed by atoms with van der Waals surface area (Å²) in [5.41, 5.74) is 0.816. The Morgan fingerprint density at radius 3 is 2.69 bits per heavy atom. The molecule has 4 heteroatoms. The molecule has 1 heterocycles. The highest BCUT2D eigenvalue weighted by Gasteiger charge is 2.23. The molecular weight excluding hydrogens is 224 g/mol. The van der Waals surface area contributed by atoms with E-state index in [2.05, 4.69) is 24.1 Å². The van der Waals surface area contributed by atoms with Gasteiger partial charge in [-0.3, -0.25) is 0 Å². The first-order chi connectivity index (χ1) is 7.50. The molecule has 0 aliphatic heterocycles. The van der Waals surface area contributed by atoms with Crippen molar-refractivity contribution in [1.82, 2.24) is 10.3 Å². The molecule has 16 heavy (non-hydrogen) atoms. The molecule has 0 aromatic carbocycles. The minimum atomic E-state index is -0.251. The van der Waals surface area contributed by atoms with Crippen LogP contribution in [0.3, 0.4) is 0 Å². The zero-order valence-corrected chi connectivity index (χ0v) is 10.8. The molecular formula is C12H19ClN2O. The first-order valence-corrected chi connectivity index (χ1v) is 5.88. The summed E-state index contributed by atoms with van der Waals surface area (Å²) in [7, 11) is 0. The first kappa shape index (κ1) is 13.4. The summed E-state index contributed by atoms with van der Waals surface area (Å²) in [4.78, 5) is 4.04. The van der Waals surface area contributed by atoms with Crippen molar-refractivity contribution in [3.8, 4) is 0 Å². The number of pyridine rings is 1. The molecule has 1 rings (SSSR count). The second-order valence-electron chi connectivity index (χ2n) is 4.35. The summed E-state index contributed by atoms with van der Waals surface area (Å²) in [5, 5.41) is 13.2. The molecule has 0 saturated carbocycles. The standard InChI is InChI=1S/C12H19ClN2O/c1-4-12(3,8-16)15-9(2)10-5-6-11(13)14-7-10/h5-7,9,15-16H,4,8H2,1-3H3. The van der Waals surface area contributed by atoms with Crippen LogP contribution in [0.25, 0.3) is 0 Å². The summed E-state index contributed by atoms with van der Waals surface area (Å²) in [6, 6.07) is 3.86. The molecule has 90 valence electrons. The van der Waals surface area contributed by atoms with Gasteiger partial charge in [-0.1, -0.05) is 24.6 Å². The number of aliphatic hydroxyl groups excluding tert-OH is 1. The van der Waals surface area contributed by atoms with E-state index in [0.29, 0.717) is 5.15 Å². The van der Waals surface area contributed by atoms with Gasteiger partial charge in [-0.25, -0.2) is 4.98 Å². The lowest BCUT2D eigenvalue weighted by Gasteiger charge is -2.31. The quantitative estimate of drug-likeness (QED) is 0.780. The van der Waals surface area contributed by atoms with Gasteiger partial charge in [0, 0.05) is 17.8 Å². The summed E-state index contributed by atoms with van der Waals surface area (Å²) in [6.45, 7) is 6.23. The van der Waals surface area contributed by atoms with Crippen LogP contribution < -0.4 is 5.32 Å². The van der Waals surface area contributed by atoms with Crippen LogP contribution in [0.15, 0.2) is 18.3 Å². The molecule has 0 radical (unpaired) electrons. The number of hydrogen-bond donors (Lipinski definition) is 2. The van der Waals surface area contributed by atoms with E-state index in [1.54, 1.807) is 12.3 Å². The number of nitrogens with zero attached hydrogens (tertiary/aromatic N) is 1. The number of nitrogens with one attached hydrogen (secondary N) is 1. The fraction of sp³-hybridized carbons (Fsp3) is 0.583. The minimum Gasteiger partial charge on any atom is -0.394 e. The smallest absolute Gasteiger partial charge is 0.129 e. The van der Waals surface area contributed by atoms with Crippen molar-refractivity contribution >= 4 is 11.6 Å². The average molecular weight is 243 g/mol. The van der Waals surface area contributed by atoms with E-state index in [-0.39, 0.29) is 18.2 Å². The molecule has 1 aromatic rings. The topological polar surface area (TPSA) is 45.1 Å². The Bertz CT molecular complexity index is 322. The van der Waals surface area contributed by atoms with Gasteiger partial charge in [0.05, 0.1) is 6.61 Å². The maximum Gasteiger partial charge on any atom is 0.129 e. The Kier molecular flexibility index (Phi) is 4.71. The lowest BCUT2D eigenvalue weighted by Crippen LogP contribution is -2.46. The lowest BCUT2D eigenvalue weighted by molar-refractivity contribution is 0.159. The van der Waals surface area contributed by atoms with E-state index in [4.69, 9.17) is 11.6 Å². The Balaban J connectivity index is 2.71. The Labute approximate surface area is 102 Å². The van der Waals surface area contributed by atoms with Crippen LogP contribution in [-0.4, -0.2) is 22.2 Å². The molecule has 0 saturated heterocycles. The number of aliphatic hydroxyl groups is 1. The number of hydrogen-bond acceptors (Lipinski definition) is 3. The second-order valence-corrected chi connectivity index (χ2v) is 4.74. The van der Waals surface area contributed by atoms with Crippen LogP contribution in [-0.2, 0) is 0 Å². The third kappa shape index (κ3) is 3.44. The van der Waals surface area contributed by atoms with Gasteiger partial charge in [0.25, 0.3) is 0 Å². The lowest BCUT2D eigenvalue weighted by atomic mass is 9.97. The first-order valence-electron chi connectivity index (χ1n) is 5.51. The van der Waals surface area contributed by atoms with Gasteiger partial charge in [-0.2, -0.15) is 0 Å². The maximum atomic E-state index is 9.33. The third-order valence-electron chi connectivity index (χ3n) is 2.94. The molecule has 0 bridgehead atoms. The summed E-state index contributed by atoms with van der Waals surface area (Å²) >= 11 is 5.73. The van der Waals surface area contributed by atoms with Gasteiger partial charge in [0.2, 0.25) is 0 Å². The normalized spacial score (nSPS) is 16.8. The molecule has 2 atom stereocenters. The molecule has 2 unspecified atom stereocenters. The molecule has 0 spiro atoms. The van der Waals surface area contributed by atoms with Crippen LogP contribution in [0, 0.1) is 0 Å². The second kappa shape index (κ2) is 5.62. The Morgan fingerprint density at radius 1 is 1.56 bits per heavy atom. The van der Waals surface area contributed by atoms with Crippen molar-refractivity contribution in [3.05, 3.63) is 29.0 Å². The van der Waals surface area contributed by atoms with Crippen LogP contribution in [0.5, 0.6) is 0 Å². The van der Waals surface area contributed by atoms with Gasteiger partial charge >= 0.3 is 0 Å². The van der Waals surface area contributed by atoms with Crippen LogP contribution in [0.1, 0.15) is 38.8 Å². The summed E-state index contributed by atoms with van der Waals surface area (Å²) in [6.07, 6.45) is 2.63. The zero-order chi connectivity index (χ0) is 12.2. The largest absolute Gasteiger partial charge is 0.394 e. The van der Waals surface area contributed by atoms with E-state index in [1.807, 2.05) is 13.0 Å². The van der Waals surface area contributed by atoms with Crippen molar-refractivity contribution in [1.29, 1.82) is 0 Å². The van der Waals surface area contributed by atoms with E-state index in [9.17, 15) is 5.11 Å². The molecule has 0 amide bonds. The highest BCUT2D eigenvalue weighted by atomic mass is 35.5. The molecule has 0 fully saturated rings. The monoisotopic (exact) mass is 242 g/mol. The Hall–Kier alpha value is -0.640. The predicted molar refractivity (Wildman–Crippen MR) is 66.6 cm³/mol. The van der Waals surface area contributed by atoms with E-state index in [0.717, 1.165) is 12.0 Å². The van der Waals surface area contributed by atoms with E-state index >= 15 is 0 Å². The number of halogens is 1. The van der Waals surface area contributed by atoms with Crippen molar-refractivity contribution in [2.24, 2.45) is 0 Å². The van der Waals surface area contributed by atoms with Crippen molar-refractivity contribution in [3.63, 3.8) is 0 Å². The fourth-order valence-corrected chi connectivity index (χ4v) is 1.62. The van der Waals surface area contributed by atoms with Gasteiger partial charge in [-0.15, -0.1) is 0 Å². The number of rotatable bonds is 5. The molecule has 0 aliphatic rings. The van der Waals surface area contributed by atoms with E-state index < -0.39 is 0 Å². The Morgan fingerprint density at radius 2 is 2.25 bits per heavy atom. The van der Waals surface area contributed by atoms with Gasteiger partial charge in [0.1, 0.15) is 5.15 Å². The van der Waals surface area contributed by atoms with Gasteiger partial charge in [0.15, 0.2) is 0 Å². The molecule has 0 aliphatic carbocycles. The average Bonchev–Trinajstić information content (AvgIpc) is 2.29. The summed E-state index contributed by atoms with van der Waals surface area (Å²) < 4.78 is 0. The van der Waals surface area contributed by atoms with Crippen molar-refractivity contribution in [2.45, 2.75) is 38.8 Å². The molecule has 2 N–H and O–H groups in total. The molecule has 1 aromatic heterocycles. The highest BCUT2D eigenvalue weighted by Crippen LogP contribution is 2.18. The SMILES string of the molecule is CCC(C)(CO)NC(C)c1ccc(Cl)nc1. The number of aromatic nitrogens is 1. The highest BCUT2D eigenvalue weighted by molar-refractivity contribution is 6.29. The fourth-order valence-electron chi connectivity index (χ4n) is 1.51.